The van der Waals surface area contributed by atoms with E-state index in [4.69, 9.17) is 9.47 Å². The summed E-state index contributed by atoms with van der Waals surface area (Å²) in [5, 5.41) is 1.84. The molecule has 14 heteroatoms. The fourth-order valence-corrected chi connectivity index (χ4v) is 7.88. The Morgan fingerprint density at radius 3 is 2.41 bits per heavy atom. The van der Waals surface area contributed by atoms with Crippen LogP contribution in [0, 0.1) is 5.92 Å². The van der Waals surface area contributed by atoms with Gasteiger partial charge in [0.25, 0.3) is 5.91 Å². The van der Waals surface area contributed by atoms with Crippen LogP contribution in [0.3, 0.4) is 0 Å². The molecule has 0 bridgehead atoms. The zero-order chi connectivity index (χ0) is 31.2. The molecule has 0 aliphatic carbocycles. The van der Waals surface area contributed by atoms with Crippen LogP contribution in [-0.2, 0) is 20.6 Å². The number of nitrogens with one attached hydrogen (secondary N) is 2. The zero-order valence-corrected chi connectivity index (χ0v) is 24.3. The molecular formula is C30H22F3N3O6S2. The van der Waals surface area contributed by atoms with Crippen LogP contribution < -0.4 is 24.6 Å². The molecule has 0 saturated carbocycles. The summed E-state index contributed by atoms with van der Waals surface area (Å²) in [5.74, 6) is -2.72. The van der Waals surface area contributed by atoms with Crippen LogP contribution in [0.5, 0.6) is 11.5 Å². The van der Waals surface area contributed by atoms with Gasteiger partial charge in [0.1, 0.15) is 16.7 Å². The summed E-state index contributed by atoms with van der Waals surface area (Å²) in [6.45, 7) is -0.639. The number of rotatable bonds is 7. The predicted octanol–water partition coefficient (Wildman–Crippen LogP) is 5.28. The molecule has 1 saturated heterocycles. The van der Waals surface area contributed by atoms with Crippen molar-refractivity contribution < 1.29 is 37.0 Å². The number of halogens is 3. The monoisotopic (exact) mass is 641 g/mol. The predicted molar refractivity (Wildman–Crippen MR) is 157 cm³/mol. The maximum atomic E-state index is 14.0. The van der Waals surface area contributed by atoms with Crippen LogP contribution in [0.15, 0.2) is 82.6 Å². The molecule has 2 aliphatic rings. The second-order valence-corrected chi connectivity index (χ2v) is 12.0. The molecule has 6 rings (SSSR count). The van der Waals surface area contributed by atoms with Gasteiger partial charge in [-0.2, -0.15) is 13.2 Å². The van der Waals surface area contributed by atoms with Gasteiger partial charge in [-0.25, -0.2) is 4.90 Å². The number of benzene rings is 3. The molecular weight excluding hydrogens is 619 g/mol. The number of para-hydroxylation sites is 2. The standard InChI is InChI=1S/C30H22F3N3O6S2/c1-41-16-12-10-15(11-13-16)36-27(38)23-22(24-26(35-29(40)44-24)43-25(23)28(36)39)17-6-2-5-9-20(17)42-14-21(37)34-19-8-4-3-7-18(19)30(31,32)33/h2-13,22-23,25H,14H2,1H3,(H,34,37)(H,35,40)/t22-,23?,25?/m1/s1. The Bertz CT molecular complexity index is 1820. The van der Waals surface area contributed by atoms with Crippen LogP contribution in [0.2, 0.25) is 0 Å². The number of H-pyrrole nitrogens is 1. The topological polar surface area (TPSA) is 118 Å². The first-order valence-electron chi connectivity index (χ1n) is 13.2. The van der Waals surface area contributed by atoms with Crippen LogP contribution in [-0.4, -0.2) is 41.7 Å². The lowest BCUT2D eigenvalue weighted by Crippen LogP contribution is -2.32. The van der Waals surface area contributed by atoms with Crippen LogP contribution >= 0.6 is 23.1 Å². The Morgan fingerprint density at radius 1 is 0.977 bits per heavy atom. The minimum atomic E-state index is -4.67. The molecule has 3 amide bonds. The summed E-state index contributed by atoms with van der Waals surface area (Å²) in [4.78, 5) is 56.9. The number of aromatic nitrogens is 1. The number of amides is 3. The number of imide groups is 1. The van der Waals surface area contributed by atoms with Crippen molar-refractivity contribution in [2.75, 3.05) is 23.9 Å². The number of methoxy groups -OCH3 is 1. The van der Waals surface area contributed by atoms with Gasteiger partial charge in [-0.15, -0.1) is 0 Å². The van der Waals surface area contributed by atoms with Crippen LogP contribution in [0.25, 0.3) is 0 Å². The molecule has 0 spiro atoms. The van der Waals surface area contributed by atoms with E-state index < -0.39 is 58.8 Å². The van der Waals surface area contributed by atoms with Gasteiger partial charge in [0.05, 0.1) is 35.0 Å². The third kappa shape index (κ3) is 5.35. The molecule has 2 aliphatic heterocycles. The molecule has 4 aromatic rings. The minimum absolute atomic E-state index is 0.178. The molecule has 44 heavy (non-hydrogen) atoms. The summed E-state index contributed by atoms with van der Waals surface area (Å²) in [7, 11) is 1.50. The lowest BCUT2D eigenvalue weighted by molar-refractivity contribution is -0.137. The summed E-state index contributed by atoms with van der Waals surface area (Å²) < 4.78 is 51.2. The van der Waals surface area contributed by atoms with Crippen molar-refractivity contribution in [2.45, 2.75) is 22.4 Å². The zero-order valence-electron chi connectivity index (χ0n) is 22.7. The number of hydrogen-bond donors (Lipinski definition) is 2. The lowest BCUT2D eigenvalue weighted by atomic mass is 9.82. The largest absolute Gasteiger partial charge is 0.497 e. The van der Waals surface area contributed by atoms with Crippen molar-refractivity contribution >= 4 is 52.2 Å². The number of hydrogen-bond acceptors (Lipinski definition) is 8. The molecule has 2 N–H and O–H groups in total. The van der Waals surface area contributed by atoms with Crippen molar-refractivity contribution in [3.63, 3.8) is 0 Å². The van der Waals surface area contributed by atoms with E-state index in [1.807, 2.05) is 0 Å². The van der Waals surface area contributed by atoms with Gasteiger partial charge in [0.15, 0.2) is 6.61 Å². The van der Waals surface area contributed by atoms with E-state index in [1.54, 1.807) is 48.5 Å². The Morgan fingerprint density at radius 2 is 1.68 bits per heavy atom. The number of anilines is 2. The quantitative estimate of drug-likeness (QED) is 0.264. The van der Waals surface area contributed by atoms with Gasteiger partial charge < -0.3 is 19.8 Å². The van der Waals surface area contributed by atoms with Gasteiger partial charge in [0.2, 0.25) is 11.8 Å². The van der Waals surface area contributed by atoms with Gasteiger partial charge in [-0.3, -0.25) is 19.2 Å². The fourth-order valence-electron chi connectivity index (χ4n) is 5.38. The Hall–Kier alpha value is -4.56. The molecule has 1 aromatic heterocycles. The second kappa shape index (κ2) is 11.5. The first-order valence-corrected chi connectivity index (χ1v) is 14.9. The van der Waals surface area contributed by atoms with E-state index >= 15 is 0 Å². The van der Waals surface area contributed by atoms with E-state index in [1.165, 1.54) is 19.2 Å². The number of carbonyl (C=O) groups is 3. The number of alkyl halides is 3. The number of thioether (sulfide) groups is 1. The number of fused-ring (bicyclic) bond motifs is 2. The maximum absolute atomic E-state index is 14.0. The summed E-state index contributed by atoms with van der Waals surface area (Å²) in [6, 6.07) is 17.6. The molecule has 0 radical (unpaired) electrons. The number of aromatic amines is 1. The highest BCUT2D eigenvalue weighted by Gasteiger charge is 2.56. The van der Waals surface area contributed by atoms with Crippen LogP contribution in [0.4, 0.5) is 24.5 Å². The van der Waals surface area contributed by atoms with E-state index in [0.29, 0.717) is 26.9 Å². The number of carbonyl (C=O) groups excluding carboxylic acids is 3. The number of thiazole rings is 1. The van der Waals surface area contributed by atoms with Gasteiger partial charge in [0, 0.05) is 16.4 Å². The summed E-state index contributed by atoms with van der Waals surface area (Å²) in [5.41, 5.74) is -0.600. The van der Waals surface area contributed by atoms with Gasteiger partial charge in [-0.05, 0) is 42.5 Å². The van der Waals surface area contributed by atoms with Crippen molar-refractivity contribution in [3.05, 3.63) is 98.5 Å². The molecule has 3 heterocycles. The first kappa shape index (κ1) is 29.5. The minimum Gasteiger partial charge on any atom is -0.497 e. The highest BCUT2D eigenvalue weighted by molar-refractivity contribution is 8.00. The third-order valence-electron chi connectivity index (χ3n) is 7.27. The van der Waals surface area contributed by atoms with Gasteiger partial charge >= 0.3 is 11.0 Å². The fraction of sp³-hybridized carbons (Fsp3) is 0.200. The molecule has 226 valence electrons. The highest BCUT2D eigenvalue weighted by Crippen LogP contribution is 2.54. The average molecular weight is 642 g/mol. The average Bonchev–Trinajstić information content (AvgIpc) is 3.50. The number of ether oxygens (including phenoxy) is 2. The van der Waals surface area contributed by atoms with Crippen molar-refractivity contribution in [1.29, 1.82) is 0 Å². The molecule has 3 aromatic carbocycles. The van der Waals surface area contributed by atoms with Crippen molar-refractivity contribution in [1.82, 2.24) is 4.98 Å². The smallest absolute Gasteiger partial charge is 0.418 e. The van der Waals surface area contributed by atoms with E-state index in [-0.39, 0.29) is 10.6 Å². The van der Waals surface area contributed by atoms with Crippen molar-refractivity contribution in [2.24, 2.45) is 5.92 Å². The third-order valence-corrected chi connectivity index (χ3v) is 9.68. The summed E-state index contributed by atoms with van der Waals surface area (Å²) >= 11 is 2.03. The highest BCUT2D eigenvalue weighted by atomic mass is 32.2. The Labute approximate surface area is 256 Å². The molecule has 1 fully saturated rings. The summed E-state index contributed by atoms with van der Waals surface area (Å²) in [6.07, 6.45) is -4.67. The molecule has 9 nitrogen and oxygen atoms in total. The van der Waals surface area contributed by atoms with Crippen LogP contribution in [0.1, 0.15) is 21.9 Å². The van der Waals surface area contributed by atoms with E-state index in [9.17, 15) is 32.3 Å². The SMILES string of the molecule is COc1ccc(N2C(=O)C3Sc4[nH]c(=O)sc4[C@H](c4ccccc4OCC(=O)Nc4ccccc4C(F)(F)F)C3C2=O)cc1. The molecule has 3 atom stereocenters. The molecule has 2 unspecified atom stereocenters. The van der Waals surface area contributed by atoms with Gasteiger partial charge in [-0.1, -0.05) is 53.4 Å². The maximum Gasteiger partial charge on any atom is 0.418 e. The normalized spacial score (nSPS) is 19.4. The van der Waals surface area contributed by atoms with Crippen molar-refractivity contribution in [3.8, 4) is 11.5 Å². The Balaban J connectivity index is 1.31. The van der Waals surface area contributed by atoms with E-state index in [0.717, 1.165) is 40.1 Å². The Kier molecular flexibility index (Phi) is 7.72. The second-order valence-electron chi connectivity index (χ2n) is 9.88. The number of nitrogens with zero attached hydrogens (tertiary/aromatic N) is 1. The first-order chi connectivity index (χ1) is 21.1. The van der Waals surface area contributed by atoms with E-state index in [2.05, 4.69) is 10.3 Å². The lowest BCUT2D eigenvalue weighted by Gasteiger charge is -2.30.